The topological polar surface area (TPSA) is 77.3 Å². The minimum atomic E-state index is -6.09. The Bertz CT molecular complexity index is 303. The van der Waals surface area contributed by atoms with E-state index in [2.05, 4.69) is 0 Å². The molecule has 0 spiro atoms. The van der Waals surface area contributed by atoms with E-state index < -0.39 is 15.6 Å². The molecule has 1 saturated heterocycles. The summed E-state index contributed by atoms with van der Waals surface area (Å²) in [4.78, 5) is 10.4. The molecule has 0 atom stereocenters. The fraction of sp³-hybridized carbons (Fsp3) is 1.00. The van der Waals surface area contributed by atoms with Crippen molar-refractivity contribution in [2.75, 3.05) is 13.1 Å². The number of halogens is 3. The van der Waals surface area contributed by atoms with Crippen molar-refractivity contribution in [3.63, 3.8) is 0 Å². The third-order valence-corrected chi connectivity index (χ3v) is 2.17. The van der Waals surface area contributed by atoms with E-state index in [0.29, 0.717) is 0 Å². The average molecular weight is 249 g/mol. The second kappa shape index (κ2) is 5.40. The number of nitrogens with zero attached hydrogens (tertiary/aromatic N) is 1. The smallest absolute Gasteiger partial charge is 0.485 e. The Labute approximate surface area is 84.6 Å². The predicted octanol–water partition coefficient (Wildman–Crippen LogP) is 1.00. The summed E-state index contributed by atoms with van der Waals surface area (Å²) in [6, 6.07) is 0. The monoisotopic (exact) mass is 249 g/mol. The van der Waals surface area contributed by atoms with Crippen LogP contribution in [0.5, 0.6) is 0 Å². The Hall–Kier alpha value is -0.700. The van der Waals surface area contributed by atoms with Crippen LogP contribution in [0.1, 0.15) is 19.3 Å². The van der Waals surface area contributed by atoms with Crippen molar-refractivity contribution in [3.8, 4) is 0 Å². The van der Waals surface area contributed by atoms with Crippen LogP contribution in [0.25, 0.3) is 0 Å². The van der Waals surface area contributed by atoms with Gasteiger partial charge in [0.25, 0.3) is 0 Å². The minimum absolute atomic E-state index is 0.764. The van der Waals surface area contributed by atoms with Crippen LogP contribution in [0.3, 0.4) is 0 Å². The predicted molar refractivity (Wildman–Crippen MR) is 43.0 cm³/mol. The van der Waals surface area contributed by atoms with Crippen LogP contribution in [0.2, 0.25) is 0 Å². The molecule has 15 heavy (non-hydrogen) atoms. The van der Waals surface area contributed by atoms with E-state index in [1.54, 1.807) is 0 Å². The van der Waals surface area contributed by atoms with Crippen molar-refractivity contribution >= 4 is 10.1 Å². The lowest BCUT2D eigenvalue weighted by Crippen LogP contribution is -2.21. The molecule has 0 aliphatic carbocycles. The highest BCUT2D eigenvalue weighted by Crippen LogP contribution is 2.20. The summed E-state index contributed by atoms with van der Waals surface area (Å²) < 4.78 is 60.0. The zero-order valence-corrected chi connectivity index (χ0v) is 8.47. The van der Waals surface area contributed by atoms with Crippen molar-refractivity contribution in [3.05, 3.63) is 4.91 Å². The van der Waals surface area contributed by atoms with Gasteiger partial charge in [-0.1, -0.05) is 0 Å². The van der Waals surface area contributed by atoms with Gasteiger partial charge in [-0.2, -0.15) is 13.2 Å². The summed E-state index contributed by atoms with van der Waals surface area (Å²) in [5, 5.41) is 0. The number of hydrogen-bond acceptors (Lipinski definition) is 4. The number of rotatable bonds is 0. The number of alkyl halides is 3. The maximum atomic E-state index is 10.7. The molecule has 0 aromatic heterocycles. The van der Waals surface area contributed by atoms with Crippen molar-refractivity contribution < 1.29 is 30.9 Å². The molecule has 1 aliphatic heterocycles. The van der Waals surface area contributed by atoms with E-state index in [0.717, 1.165) is 30.7 Å². The van der Waals surface area contributed by atoms with E-state index in [4.69, 9.17) is 13.0 Å². The molecule has 1 rings (SSSR count). The van der Waals surface area contributed by atoms with Crippen molar-refractivity contribution in [1.29, 1.82) is 0 Å². The first-order valence-electron chi connectivity index (χ1n) is 4.09. The van der Waals surface area contributed by atoms with Gasteiger partial charge in [-0.15, -0.1) is 0 Å². The Kier molecular flexibility index (Phi) is 5.15. The van der Waals surface area contributed by atoms with Crippen molar-refractivity contribution in [2.24, 2.45) is 0 Å². The molecule has 90 valence electrons. The molecule has 0 radical (unpaired) electrons. The summed E-state index contributed by atoms with van der Waals surface area (Å²) in [7, 11) is -6.09. The Morgan fingerprint density at radius 2 is 1.40 bits per heavy atom. The molecule has 0 bridgehead atoms. The quantitative estimate of drug-likeness (QED) is 0.364. The molecule has 1 heterocycles. The van der Waals surface area contributed by atoms with Crippen LogP contribution in [-0.4, -0.2) is 36.3 Å². The zero-order chi connectivity index (χ0) is 12.1. The second-order valence-electron chi connectivity index (χ2n) is 2.89. The molecule has 0 aromatic carbocycles. The summed E-state index contributed by atoms with van der Waals surface area (Å²) in [6.45, 7) is 1.53. The average Bonchev–Trinajstić information content (AvgIpc) is 2.02. The summed E-state index contributed by atoms with van der Waals surface area (Å²) in [6.07, 6.45) is 3.45. The van der Waals surface area contributed by atoms with Gasteiger partial charge in [0.1, 0.15) is 0 Å². The van der Waals surface area contributed by atoms with Gasteiger partial charge >= 0.3 is 5.51 Å². The molecule has 0 aromatic rings. The molecular weight excluding hydrogens is 239 g/mol. The van der Waals surface area contributed by atoms with Gasteiger partial charge in [0, 0.05) is 17.7 Å². The number of hydrogen-bond donors (Lipinski definition) is 0. The Morgan fingerprint density at radius 3 is 1.53 bits per heavy atom. The molecule has 1 aliphatic rings. The van der Waals surface area contributed by atoms with E-state index in [1.165, 1.54) is 6.42 Å². The number of nitroso groups, excluding NO2 is 1. The fourth-order valence-electron chi connectivity index (χ4n) is 0.865. The van der Waals surface area contributed by atoms with Gasteiger partial charge in [-0.3, -0.25) is 0 Å². The van der Waals surface area contributed by atoms with Crippen molar-refractivity contribution in [1.82, 2.24) is 0 Å². The minimum Gasteiger partial charge on any atom is -0.741 e. The Morgan fingerprint density at radius 1 is 1.07 bits per heavy atom. The molecular formula is C6H10F3NO4S. The standard InChI is InChI=1S/C5H10NO.CHF3O3S/c7-6-4-2-1-3-5-6;2-1(3,4)8(5,6)7/h1-5H2;(H,5,6,7)/q+1;/p-1. The van der Waals surface area contributed by atoms with Crippen molar-refractivity contribution in [2.45, 2.75) is 24.8 Å². The maximum absolute atomic E-state index is 10.7. The van der Waals surface area contributed by atoms with E-state index in [-0.39, 0.29) is 0 Å². The van der Waals surface area contributed by atoms with Crippen LogP contribution < -0.4 is 0 Å². The van der Waals surface area contributed by atoms with Gasteiger partial charge in [0.05, 0.1) is 0 Å². The third kappa shape index (κ3) is 6.39. The normalized spacial score (nSPS) is 18.0. The van der Waals surface area contributed by atoms with Gasteiger partial charge in [0.15, 0.2) is 23.2 Å². The van der Waals surface area contributed by atoms with Gasteiger partial charge < -0.3 is 4.55 Å². The van der Waals surface area contributed by atoms with E-state index in [1.807, 2.05) is 0 Å². The first-order chi connectivity index (χ1) is 6.64. The van der Waals surface area contributed by atoms with Crippen LogP contribution in [0.15, 0.2) is 0 Å². The highest BCUT2D eigenvalue weighted by atomic mass is 32.2. The lowest BCUT2D eigenvalue weighted by Gasteiger charge is -2.08. The molecule has 9 heteroatoms. The first-order valence-corrected chi connectivity index (χ1v) is 5.49. The lowest BCUT2D eigenvalue weighted by molar-refractivity contribution is -0.557. The van der Waals surface area contributed by atoms with E-state index in [9.17, 15) is 18.1 Å². The van der Waals surface area contributed by atoms with Gasteiger partial charge in [-0.25, -0.2) is 8.42 Å². The van der Waals surface area contributed by atoms with Gasteiger partial charge in [0.2, 0.25) is 0 Å². The second-order valence-corrected chi connectivity index (χ2v) is 4.26. The highest BCUT2D eigenvalue weighted by Gasteiger charge is 2.36. The van der Waals surface area contributed by atoms with Crippen LogP contribution >= 0.6 is 0 Å². The molecule has 1 fully saturated rings. The SMILES string of the molecule is O=S(=O)([O-])C(F)(F)F.O=[N+]1CCCCC1. The van der Waals surface area contributed by atoms with Crippen LogP contribution in [0.4, 0.5) is 13.2 Å². The third-order valence-electron chi connectivity index (χ3n) is 1.60. The van der Waals surface area contributed by atoms with Crippen LogP contribution in [0, 0.1) is 4.91 Å². The highest BCUT2D eigenvalue weighted by molar-refractivity contribution is 7.86. The summed E-state index contributed by atoms with van der Waals surface area (Å²) in [5.74, 6) is 0. The molecule has 5 nitrogen and oxygen atoms in total. The Balaban J connectivity index is 0.000000262. The summed E-state index contributed by atoms with van der Waals surface area (Å²) in [5.41, 5.74) is -5.65. The molecule has 0 saturated carbocycles. The van der Waals surface area contributed by atoms with E-state index >= 15 is 0 Å². The van der Waals surface area contributed by atoms with Crippen LogP contribution in [-0.2, 0) is 10.1 Å². The molecule has 0 unspecified atom stereocenters. The molecule has 0 N–H and O–H groups in total. The number of piperidine rings is 1. The molecule has 0 amide bonds. The van der Waals surface area contributed by atoms with Gasteiger partial charge in [-0.05, 0) is 11.2 Å². The maximum Gasteiger partial charge on any atom is 0.485 e. The fourth-order valence-corrected chi connectivity index (χ4v) is 0.865. The zero-order valence-electron chi connectivity index (χ0n) is 7.66. The first kappa shape index (κ1) is 14.3. The lowest BCUT2D eigenvalue weighted by atomic mass is 10.2. The largest absolute Gasteiger partial charge is 0.741 e. The summed E-state index contributed by atoms with van der Waals surface area (Å²) >= 11 is 0.